The van der Waals surface area contributed by atoms with Gasteiger partial charge in [-0.25, -0.2) is 9.97 Å². The molecule has 1 aromatic heterocycles. The van der Waals surface area contributed by atoms with E-state index in [9.17, 15) is 0 Å². The number of aromatic amines is 2. The monoisotopic (exact) mass is 280 g/mol. The fraction of sp³-hybridized carbons (Fsp3) is 0.357. The summed E-state index contributed by atoms with van der Waals surface area (Å²) in [6.45, 7) is 4.44. The Morgan fingerprint density at radius 3 is 2.53 bits per heavy atom. The van der Waals surface area contributed by atoms with E-state index in [0.29, 0.717) is 12.0 Å². The summed E-state index contributed by atoms with van der Waals surface area (Å²) in [7, 11) is 0. The van der Waals surface area contributed by atoms with Crippen LogP contribution in [0.25, 0.3) is 0 Å². The van der Waals surface area contributed by atoms with E-state index in [1.807, 2.05) is 36.7 Å². The van der Waals surface area contributed by atoms with Crippen molar-refractivity contribution in [3.05, 3.63) is 42.5 Å². The number of halogens is 1. The fourth-order valence-electron chi connectivity index (χ4n) is 1.93. The average Bonchev–Trinajstić information content (AvgIpc) is 2.85. The highest BCUT2D eigenvalue weighted by molar-refractivity contribution is 5.51. The van der Waals surface area contributed by atoms with Crippen molar-refractivity contribution < 1.29 is 17.4 Å². The van der Waals surface area contributed by atoms with E-state index in [1.54, 1.807) is 0 Å². The summed E-state index contributed by atoms with van der Waals surface area (Å²) in [6.07, 6.45) is 4.83. The van der Waals surface area contributed by atoms with Crippen LogP contribution in [-0.2, 0) is 6.42 Å². The second kappa shape index (κ2) is 7.04. The third kappa shape index (κ3) is 4.48. The minimum absolute atomic E-state index is 0. The van der Waals surface area contributed by atoms with Crippen molar-refractivity contribution in [1.29, 1.82) is 0 Å². The first-order valence-corrected chi connectivity index (χ1v) is 6.31. The van der Waals surface area contributed by atoms with Crippen LogP contribution in [0, 0.1) is 5.92 Å². The van der Waals surface area contributed by atoms with Crippen LogP contribution in [0.15, 0.2) is 36.7 Å². The maximum absolute atomic E-state index is 5.67. The van der Waals surface area contributed by atoms with Gasteiger partial charge in [0.1, 0.15) is 12.4 Å². The van der Waals surface area contributed by atoms with Gasteiger partial charge in [-0.15, -0.1) is 0 Å². The number of H-pyrrole nitrogens is 2. The lowest BCUT2D eigenvalue weighted by Crippen LogP contribution is -3.00. The molecule has 104 valence electrons. The summed E-state index contributed by atoms with van der Waals surface area (Å²) >= 11 is 0. The van der Waals surface area contributed by atoms with Gasteiger partial charge in [-0.3, -0.25) is 0 Å². The Balaban J connectivity index is 0.00000180. The number of imidazole rings is 1. The summed E-state index contributed by atoms with van der Waals surface area (Å²) < 4.78 is 0. The fourth-order valence-corrected chi connectivity index (χ4v) is 1.93. The SMILES string of the molecule is CC(Cc1[nH]cc[nH+]1)C(C)Nc1ccc(N)cc1.[Cl-]. The molecule has 0 amide bonds. The molecule has 0 bridgehead atoms. The molecule has 0 saturated carbocycles. The largest absolute Gasteiger partial charge is 1.00 e. The number of aromatic nitrogens is 2. The van der Waals surface area contributed by atoms with Gasteiger partial charge in [-0.1, -0.05) is 6.92 Å². The van der Waals surface area contributed by atoms with Gasteiger partial charge >= 0.3 is 0 Å². The van der Waals surface area contributed by atoms with Crippen molar-refractivity contribution in [2.24, 2.45) is 5.92 Å². The van der Waals surface area contributed by atoms with Gasteiger partial charge < -0.3 is 23.5 Å². The highest BCUT2D eigenvalue weighted by Crippen LogP contribution is 2.16. The van der Waals surface area contributed by atoms with Gasteiger partial charge in [0.05, 0.1) is 6.42 Å². The number of rotatable bonds is 5. The zero-order valence-corrected chi connectivity index (χ0v) is 12.0. The molecule has 0 radical (unpaired) electrons. The number of anilines is 2. The first-order valence-electron chi connectivity index (χ1n) is 6.31. The summed E-state index contributed by atoms with van der Waals surface area (Å²) in [5.41, 5.74) is 7.58. The second-order valence-corrected chi connectivity index (χ2v) is 4.84. The highest BCUT2D eigenvalue weighted by Gasteiger charge is 2.16. The molecule has 0 saturated heterocycles. The van der Waals surface area contributed by atoms with Crippen LogP contribution in [-0.4, -0.2) is 11.0 Å². The van der Waals surface area contributed by atoms with E-state index in [4.69, 9.17) is 5.73 Å². The van der Waals surface area contributed by atoms with Crippen molar-refractivity contribution >= 4 is 11.4 Å². The predicted molar refractivity (Wildman–Crippen MR) is 74.2 cm³/mol. The smallest absolute Gasteiger partial charge is 0.252 e. The molecule has 4 nitrogen and oxygen atoms in total. The van der Waals surface area contributed by atoms with E-state index in [2.05, 4.69) is 29.1 Å². The first kappa shape index (κ1) is 15.4. The lowest BCUT2D eigenvalue weighted by Gasteiger charge is -2.20. The predicted octanol–water partition coefficient (Wildman–Crippen LogP) is -0.906. The van der Waals surface area contributed by atoms with Crippen molar-refractivity contribution in [2.75, 3.05) is 11.1 Å². The van der Waals surface area contributed by atoms with Crippen LogP contribution in [0.3, 0.4) is 0 Å². The third-order valence-electron chi connectivity index (χ3n) is 3.28. The number of nitrogens with two attached hydrogens (primary N) is 1. The van der Waals surface area contributed by atoms with Gasteiger partial charge in [0.25, 0.3) is 5.82 Å². The Morgan fingerprint density at radius 1 is 1.26 bits per heavy atom. The van der Waals surface area contributed by atoms with E-state index in [-0.39, 0.29) is 12.4 Å². The molecule has 5 heteroatoms. The van der Waals surface area contributed by atoms with Crippen LogP contribution in [0.5, 0.6) is 0 Å². The summed E-state index contributed by atoms with van der Waals surface area (Å²) in [5.74, 6) is 1.69. The van der Waals surface area contributed by atoms with Crippen molar-refractivity contribution in [2.45, 2.75) is 26.3 Å². The number of hydrogen-bond acceptors (Lipinski definition) is 2. The zero-order chi connectivity index (χ0) is 13.0. The van der Waals surface area contributed by atoms with Crippen LogP contribution >= 0.6 is 0 Å². The Kier molecular flexibility index (Phi) is 5.70. The standard InChI is InChI=1S/C14H20N4.ClH/c1-10(9-14-16-7-8-17-14)11(2)18-13-5-3-12(15)4-6-13;/h3-8,10-11,18H,9,15H2,1-2H3,(H,16,17);1H. The minimum atomic E-state index is 0. The molecule has 0 aliphatic rings. The van der Waals surface area contributed by atoms with E-state index < -0.39 is 0 Å². The summed E-state index contributed by atoms with van der Waals surface area (Å²) in [5, 5.41) is 3.50. The summed E-state index contributed by atoms with van der Waals surface area (Å²) in [4.78, 5) is 6.39. The van der Waals surface area contributed by atoms with E-state index in [0.717, 1.165) is 23.6 Å². The highest BCUT2D eigenvalue weighted by atomic mass is 35.5. The quantitative estimate of drug-likeness (QED) is 0.621. The Hall–Kier alpha value is -1.68. The zero-order valence-electron chi connectivity index (χ0n) is 11.3. The average molecular weight is 281 g/mol. The third-order valence-corrected chi connectivity index (χ3v) is 3.28. The van der Waals surface area contributed by atoms with Crippen molar-refractivity contribution in [3.8, 4) is 0 Å². The van der Waals surface area contributed by atoms with Gasteiger partial charge in [-0.2, -0.15) is 0 Å². The van der Waals surface area contributed by atoms with Crippen LogP contribution < -0.4 is 28.4 Å². The molecular formula is C14H21ClN4. The topological polar surface area (TPSA) is 68.0 Å². The maximum atomic E-state index is 5.67. The lowest BCUT2D eigenvalue weighted by molar-refractivity contribution is -0.389. The molecule has 1 aromatic carbocycles. The maximum Gasteiger partial charge on any atom is 0.252 e. The number of benzene rings is 1. The Bertz CT molecular complexity index is 467. The van der Waals surface area contributed by atoms with Gasteiger partial charge in [0.15, 0.2) is 0 Å². The Morgan fingerprint density at radius 2 is 1.95 bits per heavy atom. The molecule has 0 aliphatic heterocycles. The molecule has 2 unspecified atom stereocenters. The molecular weight excluding hydrogens is 260 g/mol. The van der Waals surface area contributed by atoms with E-state index >= 15 is 0 Å². The van der Waals surface area contributed by atoms with Gasteiger partial charge in [-0.05, 0) is 37.1 Å². The van der Waals surface area contributed by atoms with E-state index in [1.165, 1.54) is 0 Å². The van der Waals surface area contributed by atoms with Crippen LogP contribution in [0.4, 0.5) is 11.4 Å². The van der Waals surface area contributed by atoms with Gasteiger partial charge in [0, 0.05) is 17.4 Å². The molecule has 19 heavy (non-hydrogen) atoms. The van der Waals surface area contributed by atoms with Crippen molar-refractivity contribution in [1.82, 2.24) is 4.98 Å². The molecule has 1 heterocycles. The molecule has 0 aliphatic carbocycles. The normalized spacial score (nSPS) is 13.4. The molecule has 2 aromatic rings. The van der Waals surface area contributed by atoms with Gasteiger partial charge in [0.2, 0.25) is 0 Å². The number of nitrogen functional groups attached to an aromatic ring is 1. The molecule has 5 N–H and O–H groups in total. The van der Waals surface area contributed by atoms with Crippen molar-refractivity contribution in [3.63, 3.8) is 0 Å². The molecule has 0 fully saturated rings. The minimum Gasteiger partial charge on any atom is -1.00 e. The second-order valence-electron chi connectivity index (χ2n) is 4.84. The molecule has 2 rings (SSSR count). The number of nitrogens with one attached hydrogen (secondary N) is 3. The molecule has 0 spiro atoms. The molecule has 2 atom stereocenters. The number of hydrogen-bond donors (Lipinski definition) is 3. The first-order chi connectivity index (χ1) is 8.65. The summed E-state index contributed by atoms with van der Waals surface area (Å²) in [6, 6.07) is 8.25. The lowest BCUT2D eigenvalue weighted by atomic mass is 9.99. The Labute approximate surface area is 120 Å². The van der Waals surface area contributed by atoms with Crippen LogP contribution in [0.2, 0.25) is 0 Å². The van der Waals surface area contributed by atoms with Crippen LogP contribution in [0.1, 0.15) is 19.7 Å².